The molecular formula is C16H24N2O6S. The number of thioether (sulfide) groups is 1. The Kier molecular flexibility index (Phi) is 6.21. The molecule has 1 aromatic rings. The van der Waals surface area contributed by atoms with Gasteiger partial charge in [-0.2, -0.15) is 0 Å². The SMILES string of the molecule is CSc1c(OCC2CCN(C(=O)OC(C)(C)C)CC2)noc1C(=O)O. The zero-order chi connectivity index (χ0) is 18.6. The maximum absolute atomic E-state index is 12.0. The van der Waals surface area contributed by atoms with Gasteiger partial charge in [-0.05, 0) is 50.9 Å². The van der Waals surface area contributed by atoms with Crippen LogP contribution in [0, 0.1) is 5.92 Å². The van der Waals surface area contributed by atoms with Crippen molar-refractivity contribution in [3.05, 3.63) is 5.76 Å². The predicted octanol–water partition coefficient (Wildman–Crippen LogP) is 3.12. The number of hydrogen-bond acceptors (Lipinski definition) is 7. The summed E-state index contributed by atoms with van der Waals surface area (Å²) < 4.78 is 15.8. The Morgan fingerprint density at radius 1 is 1.36 bits per heavy atom. The molecule has 8 nitrogen and oxygen atoms in total. The lowest BCUT2D eigenvalue weighted by Crippen LogP contribution is -2.42. The van der Waals surface area contributed by atoms with Crippen molar-refractivity contribution in [2.45, 2.75) is 44.1 Å². The van der Waals surface area contributed by atoms with Gasteiger partial charge < -0.3 is 24.0 Å². The van der Waals surface area contributed by atoms with Crippen LogP contribution >= 0.6 is 11.8 Å². The Labute approximate surface area is 150 Å². The second-order valence-electron chi connectivity index (χ2n) is 6.88. The van der Waals surface area contributed by atoms with E-state index in [0.29, 0.717) is 24.6 Å². The normalized spacial score (nSPS) is 15.9. The van der Waals surface area contributed by atoms with E-state index in [2.05, 4.69) is 5.16 Å². The van der Waals surface area contributed by atoms with Gasteiger partial charge >= 0.3 is 12.1 Å². The molecule has 0 atom stereocenters. The van der Waals surface area contributed by atoms with Gasteiger partial charge in [0.15, 0.2) is 0 Å². The first-order valence-electron chi connectivity index (χ1n) is 8.09. The number of likely N-dealkylation sites (tertiary alicyclic amines) is 1. The molecule has 0 aliphatic carbocycles. The number of carbonyl (C=O) groups is 2. The molecule has 140 valence electrons. The highest BCUT2D eigenvalue weighted by Crippen LogP contribution is 2.31. The minimum absolute atomic E-state index is 0.206. The average Bonchev–Trinajstić information content (AvgIpc) is 2.95. The average molecular weight is 372 g/mol. The summed E-state index contributed by atoms with van der Waals surface area (Å²) in [5.74, 6) is -0.905. The number of aromatic carboxylic acids is 1. The molecule has 1 aliphatic rings. The number of rotatable bonds is 5. The minimum atomic E-state index is -1.17. The first-order valence-corrected chi connectivity index (χ1v) is 9.31. The summed E-state index contributed by atoms with van der Waals surface area (Å²) in [6, 6.07) is 0. The second-order valence-corrected chi connectivity index (χ2v) is 7.69. The molecule has 0 saturated carbocycles. The molecule has 0 bridgehead atoms. The van der Waals surface area contributed by atoms with E-state index in [-0.39, 0.29) is 23.7 Å². The van der Waals surface area contributed by atoms with Crippen LogP contribution < -0.4 is 4.74 Å². The van der Waals surface area contributed by atoms with E-state index in [9.17, 15) is 9.59 Å². The summed E-state index contributed by atoms with van der Waals surface area (Å²) in [4.78, 5) is 25.2. The van der Waals surface area contributed by atoms with E-state index in [1.54, 1.807) is 11.2 Å². The quantitative estimate of drug-likeness (QED) is 0.787. The highest BCUT2D eigenvalue weighted by Gasteiger charge is 2.28. The Morgan fingerprint density at radius 3 is 2.52 bits per heavy atom. The Hall–Kier alpha value is -1.90. The van der Waals surface area contributed by atoms with Crippen LogP contribution in [0.4, 0.5) is 4.79 Å². The highest BCUT2D eigenvalue weighted by molar-refractivity contribution is 7.98. The molecule has 1 saturated heterocycles. The largest absolute Gasteiger partial charge is 0.475 e. The van der Waals surface area contributed by atoms with E-state index in [1.807, 2.05) is 20.8 Å². The number of ether oxygens (including phenoxy) is 2. The lowest BCUT2D eigenvalue weighted by atomic mass is 9.98. The topological polar surface area (TPSA) is 102 Å². The van der Waals surface area contributed by atoms with Gasteiger partial charge in [-0.3, -0.25) is 0 Å². The van der Waals surface area contributed by atoms with Gasteiger partial charge in [0.25, 0.3) is 11.6 Å². The number of hydrogen-bond donors (Lipinski definition) is 1. The van der Waals surface area contributed by atoms with Crippen molar-refractivity contribution in [2.75, 3.05) is 26.0 Å². The van der Waals surface area contributed by atoms with Gasteiger partial charge in [0.05, 0.1) is 6.61 Å². The zero-order valence-electron chi connectivity index (χ0n) is 14.9. The summed E-state index contributed by atoms with van der Waals surface area (Å²) in [5, 5.41) is 12.7. The van der Waals surface area contributed by atoms with E-state index in [4.69, 9.17) is 19.1 Å². The molecule has 0 aromatic carbocycles. The van der Waals surface area contributed by atoms with Crippen LogP contribution in [-0.4, -0.2) is 58.8 Å². The van der Waals surface area contributed by atoms with Crippen LogP contribution in [0.1, 0.15) is 44.2 Å². The smallest absolute Gasteiger partial charge is 0.410 e. The van der Waals surface area contributed by atoms with E-state index in [1.165, 1.54) is 11.8 Å². The summed E-state index contributed by atoms with van der Waals surface area (Å²) in [7, 11) is 0. The fourth-order valence-corrected chi connectivity index (χ4v) is 3.06. The number of aromatic nitrogens is 1. The maximum Gasteiger partial charge on any atom is 0.410 e. The number of carbonyl (C=O) groups excluding carboxylic acids is 1. The number of carboxylic acid groups (broad SMARTS) is 1. The van der Waals surface area contributed by atoms with Gasteiger partial charge in [-0.25, -0.2) is 9.59 Å². The Bertz CT molecular complexity index is 617. The molecule has 1 aliphatic heterocycles. The lowest BCUT2D eigenvalue weighted by Gasteiger charge is -2.33. The van der Waals surface area contributed by atoms with Crippen molar-refractivity contribution in [3.8, 4) is 5.88 Å². The van der Waals surface area contributed by atoms with Crippen molar-refractivity contribution in [1.82, 2.24) is 10.1 Å². The van der Waals surface area contributed by atoms with E-state index in [0.717, 1.165) is 12.8 Å². The third kappa shape index (κ3) is 5.29. The molecule has 0 spiro atoms. The fraction of sp³-hybridized carbons (Fsp3) is 0.688. The van der Waals surface area contributed by atoms with Crippen LogP contribution in [0.2, 0.25) is 0 Å². The van der Waals surface area contributed by atoms with Gasteiger partial charge in [0.1, 0.15) is 10.5 Å². The van der Waals surface area contributed by atoms with Crippen LogP contribution in [0.25, 0.3) is 0 Å². The van der Waals surface area contributed by atoms with Crippen molar-refractivity contribution < 1.29 is 28.7 Å². The second kappa shape index (κ2) is 7.99. The van der Waals surface area contributed by atoms with Crippen LogP contribution in [0.5, 0.6) is 5.88 Å². The van der Waals surface area contributed by atoms with Gasteiger partial charge in [0, 0.05) is 13.1 Å². The third-order valence-electron chi connectivity index (χ3n) is 3.74. The molecule has 1 aromatic heterocycles. The minimum Gasteiger partial charge on any atom is -0.475 e. The lowest BCUT2D eigenvalue weighted by molar-refractivity contribution is 0.0163. The molecule has 25 heavy (non-hydrogen) atoms. The van der Waals surface area contributed by atoms with Crippen LogP contribution in [0.15, 0.2) is 9.42 Å². The molecule has 0 unspecified atom stereocenters. The Morgan fingerprint density at radius 2 is 2.00 bits per heavy atom. The first-order chi connectivity index (χ1) is 11.7. The van der Waals surface area contributed by atoms with Gasteiger partial charge in [0.2, 0.25) is 0 Å². The van der Waals surface area contributed by atoms with Crippen molar-refractivity contribution in [1.29, 1.82) is 0 Å². The van der Waals surface area contributed by atoms with Crippen molar-refractivity contribution >= 4 is 23.8 Å². The van der Waals surface area contributed by atoms with E-state index < -0.39 is 11.6 Å². The monoisotopic (exact) mass is 372 g/mol. The molecule has 9 heteroatoms. The molecule has 2 rings (SSSR count). The van der Waals surface area contributed by atoms with Crippen LogP contribution in [-0.2, 0) is 4.74 Å². The number of piperidine rings is 1. The third-order valence-corrected chi connectivity index (χ3v) is 4.51. The summed E-state index contributed by atoms with van der Waals surface area (Å²) in [5.41, 5.74) is -0.500. The standard InChI is InChI=1S/C16H24N2O6S/c1-16(2,3)23-15(21)18-7-5-10(6-8-18)9-22-13-12(25-4)11(14(19)20)24-17-13/h10H,5-9H2,1-4H3,(H,19,20). The molecule has 1 amide bonds. The Balaban J connectivity index is 1.83. The summed E-state index contributed by atoms with van der Waals surface area (Å²) in [6.07, 6.45) is 3.03. The first kappa shape index (κ1) is 19.4. The fourth-order valence-electron chi connectivity index (χ4n) is 2.48. The molecule has 1 N–H and O–H groups in total. The number of carboxylic acids is 1. The maximum atomic E-state index is 12.0. The predicted molar refractivity (Wildman–Crippen MR) is 91.3 cm³/mol. The molecule has 2 heterocycles. The zero-order valence-corrected chi connectivity index (χ0v) is 15.7. The van der Waals surface area contributed by atoms with Crippen molar-refractivity contribution in [3.63, 3.8) is 0 Å². The van der Waals surface area contributed by atoms with Gasteiger partial charge in [-0.1, -0.05) is 0 Å². The molecular weight excluding hydrogens is 348 g/mol. The highest BCUT2D eigenvalue weighted by atomic mass is 32.2. The molecule has 1 fully saturated rings. The van der Waals surface area contributed by atoms with Crippen molar-refractivity contribution in [2.24, 2.45) is 5.92 Å². The summed E-state index contributed by atoms with van der Waals surface area (Å²) in [6.45, 7) is 7.16. The summed E-state index contributed by atoms with van der Waals surface area (Å²) >= 11 is 1.22. The van der Waals surface area contributed by atoms with Crippen LogP contribution in [0.3, 0.4) is 0 Å². The molecule has 0 radical (unpaired) electrons. The number of nitrogens with zero attached hydrogens (tertiary/aromatic N) is 2. The van der Waals surface area contributed by atoms with Gasteiger partial charge in [-0.15, -0.1) is 11.8 Å². The number of amides is 1. The van der Waals surface area contributed by atoms with E-state index >= 15 is 0 Å².